The van der Waals surface area contributed by atoms with E-state index in [0.29, 0.717) is 18.8 Å². The highest BCUT2D eigenvalue weighted by molar-refractivity contribution is 5.57. The van der Waals surface area contributed by atoms with Crippen LogP contribution in [0.25, 0.3) is 0 Å². The molecule has 8 heteroatoms. The molecule has 1 unspecified atom stereocenters. The highest BCUT2D eigenvalue weighted by Crippen LogP contribution is 2.38. The standard InChI is InChI=1S/C14H18F3N3O2/c1-3-18(2)11-6-7-19(9-11)10-4-5-13(20(21)22)12(8-10)14(15,16)17/h4-5,8,11H,3,6-7,9H2,1-2H3. The van der Waals surface area contributed by atoms with Gasteiger partial charge in [-0.1, -0.05) is 6.92 Å². The van der Waals surface area contributed by atoms with Gasteiger partial charge in [0.15, 0.2) is 0 Å². The molecular weight excluding hydrogens is 299 g/mol. The molecule has 1 fully saturated rings. The van der Waals surface area contributed by atoms with Gasteiger partial charge in [0.2, 0.25) is 0 Å². The Hall–Kier alpha value is -1.83. The van der Waals surface area contributed by atoms with E-state index in [1.165, 1.54) is 6.07 Å². The van der Waals surface area contributed by atoms with Crippen LogP contribution < -0.4 is 4.90 Å². The van der Waals surface area contributed by atoms with Crippen molar-refractivity contribution in [3.8, 4) is 0 Å². The van der Waals surface area contributed by atoms with Gasteiger partial charge in [-0.2, -0.15) is 13.2 Å². The summed E-state index contributed by atoms with van der Waals surface area (Å²) in [4.78, 5) is 13.8. The molecule has 1 aromatic carbocycles. The third-order valence-corrected chi connectivity index (χ3v) is 4.13. The van der Waals surface area contributed by atoms with Crippen molar-refractivity contribution in [2.75, 3.05) is 31.6 Å². The van der Waals surface area contributed by atoms with Crippen LogP contribution in [-0.4, -0.2) is 42.5 Å². The Kier molecular flexibility index (Phi) is 4.60. The molecule has 1 aliphatic rings. The molecule has 0 N–H and O–H groups in total. The number of benzene rings is 1. The largest absolute Gasteiger partial charge is 0.423 e. The van der Waals surface area contributed by atoms with Gasteiger partial charge < -0.3 is 9.80 Å². The quantitative estimate of drug-likeness (QED) is 0.632. The average Bonchev–Trinajstić information content (AvgIpc) is 2.94. The highest BCUT2D eigenvalue weighted by atomic mass is 19.4. The molecule has 122 valence electrons. The number of alkyl halides is 3. The van der Waals surface area contributed by atoms with Crippen molar-refractivity contribution in [2.24, 2.45) is 0 Å². The molecule has 0 aliphatic carbocycles. The van der Waals surface area contributed by atoms with Gasteiger partial charge >= 0.3 is 6.18 Å². The van der Waals surface area contributed by atoms with E-state index in [-0.39, 0.29) is 6.04 Å². The maximum atomic E-state index is 13.0. The molecule has 1 saturated heterocycles. The van der Waals surface area contributed by atoms with E-state index in [1.54, 1.807) is 0 Å². The van der Waals surface area contributed by atoms with Crippen molar-refractivity contribution in [2.45, 2.75) is 25.6 Å². The second-order valence-corrected chi connectivity index (χ2v) is 5.42. The first kappa shape index (κ1) is 16.5. The summed E-state index contributed by atoms with van der Waals surface area (Å²) < 4.78 is 39.0. The monoisotopic (exact) mass is 317 g/mol. The van der Waals surface area contributed by atoms with E-state index in [0.717, 1.165) is 25.1 Å². The molecule has 1 aromatic rings. The summed E-state index contributed by atoms with van der Waals surface area (Å²) in [6.45, 7) is 4.16. The Balaban J connectivity index is 2.29. The number of halogens is 3. The number of hydrogen-bond donors (Lipinski definition) is 0. The molecule has 0 radical (unpaired) electrons. The van der Waals surface area contributed by atoms with Crippen LogP contribution in [0.4, 0.5) is 24.5 Å². The number of nitro benzene ring substituents is 1. The maximum absolute atomic E-state index is 13.0. The van der Waals surface area contributed by atoms with Crippen LogP contribution >= 0.6 is 0 Å². The van der Waals surface area contributed by atoms with Crippen LogP contribution in [0.1, 0.15) is 18.9 Å². The minimum atomic E-state index is -4.74. The van der Waals surface area contributed by atoms with Crippen LogP contribution in [0.15, 0.2) is 18.2 Å². The van der Waals surface area contributed by atoms with E-state index < -0.39 is 22.4 Å². The Labute approximate surface area is 126 Å². The third kappa shape index (κ3) is 3.32. The molecule has 22 heavy (non-hydrogen) atoms. The second kappa shape index (κ2) is 6.12. The molecule has 1 atom stereocenters. The van der Waals surface area contributed by atoms with Gasteiger partial charge in [-0.05, 0) is 32.1 Å². The summed E-state index contributed by atoms with van der Waals surface area (Å²) in [5, 5.41) is 10.8. The molecule has 2 rings (SSSR count). The summed E-state index contributed by atoms with van der Waals surface area (Å²) in [6.07, 6.45) is -3.87. The lowest BCUT2D eigenvalue weighted by atomic mass is 10.1. The Bertz CT molecular complexity index is 563. The van der Waals surface area contributed by atoms with Crippen LogP contribution in [0.3, 0.4) is 0 Å². The van der Waals surface area contributed by atoms with Crippen molar-refractivity contribution in [3.63, 3.8) is 0 Å². The topological polar surface area (TPSA) is 49.6 Å². The minimum absolute atomic E-state index is 0.287. The van der Waals surface area contributed by atoms with E-state index in [2.05, 4.69) is 4.90 Å². The number of anilines is 1. The number of nitro groups is 1. The van der Waals surface area contributed by atoms with Gasteiger partial charge in [0, 0.05) is 30.9 Å². The van der Waals surface area contributed by atoms with Crippen LogP contribution in [0.5, 0.6) is 0 Å². The summed E-state index contributed by atoms with van der Waals surface area (Å²) in [7, 11) is 1.98. The summed E-state index contributed by atoms with van der Waals surface area (Å²) in [5.41, 5.74) is -1.72. The third-order valence-electron chi connectivity index (χ3n) is 4.13. The van der Waals surface area contributed by atoms with Gasteiger partial charge in [0.25, 0.3) is 5.69 Å². The smallest absolute Gasteiger partial charge is 0.370 e. The number of nitrogens with zero attached hydrogens (tertiary/aromatic N) is 3. The Morgan fingerprint density at radius 2 is 2.14 bits per heavy atom. The normalized spacial score (nSPS) is 19.0. The Morgan fingerprint density at radius 3 is 2.68 bits per heavy atom. The van der Waals surface area contributed by atoms with Gasteiger partial charge in [-0.3, -0.25) is 10.1 Å². The first-order valence-corrected chi connectivity index (χ1v) is 7.05. The van der Waals surface area contributed by atoms with Gasteiger partial charge in [-0.25, -0.2) is 0 Å². The SMILES string of the molecule is CCN(C)C1CCN(c2ccc([N+](=O)[O-])c(C(F)(F)F)c2)C1. The highest BCUT2D eigenvalue weighted by Gasteiger charge is 2.39. The fourth-order valence-electron chi connectivity index (χ4n) is 2.70. The Morgan fingerprint density at radius 1 is 1.45 bits per heavy atom. The van der Waals surface area contributed by atoms with E-state index in [4.69, 9.17) is 0 Å². The second-order valence-electron chi connectivity index (χ2n) is 5.42. The fourth-order valence-corrected chi connectivity index (χ4v) is 2.70. The van der Waals surface area contributed by atoms with Crippen LogP contribution in [0.2, 0.25) is 0 Å². The minimum Gasteiger partial charge on any atom is -0.370 e. The van der Waals surface area contributed by atoms with Gasteiger partial charge in [0.05, 0.1) is 4.92 Å². The van der Waals surface area contributed by atoms with Crippen LogP contribution in [-0.2, 0) is 6.18 Å². The molecule has 0 aromatic heterocycles. The molecule has 0 saturated carbocycles. The van der Waals surface area contributed by atoms with Crippen molar-refractivity contribution < 1.29 is 18.1 Å². The van der Waals surface area contributed by atoms with E-state index >= 15 is 0 Å². The summed E-state index contributed by atoms with van der Waals surface area (Å²) in [6, 6.07) is 3.50. The first-order valence-electron chi connectivity index (χ1n) is 7.05. The van der Waals surface area contributed by atoms with E-state index in [9.17, 15) is 23.3 Å². The zero-order chi connectivity index (χ0) is 16.5. The van der Waals surface area contributed by atoms with Crippen LogP contribution in [0, 0.1) is 10.1 Å². The van der Waals surface area contributed by atoms with Crippen molar-refractivity contribution >= 4 is 11.4 Å². The van der Waals surface area contributed by atoms with Gasteiger partial charge in [0.1, 0.15) is 5.56 Å². The predicted octanol–water partition coefficient (Wildman–Crippen LogP) is 3.14. The summed E-state index contributed by atoms with van der Waals surface area (Å²) in [5.74, 6) is 0. The molecule has 5 nitrogen and oxygen atoms in total. The lowest BCUT2D eigenvalue weighted by Gasteiger charge is -2.24. The molecular formula is C14H18F3N3O2. The molecule has 0 amide bonds. The number of likely N-dealkylation sites (N-methyl/N-ethyl adjacent to an activating group) is 1. The van der Waals surface area contributed by atoms with Crippen molar-refractivity contribution in [1.82, 2.24) is 4.90 Å². The van der Waals surface area contributed by atoms with Gasteiger partial charge in [-0.15, -0.1) is 0 Å². The number of rotatable bonds is 4. The average molecular weight is 317 g/mol. The lowest BCUT2D eigenvalue weighted by molar-refractivity contribution is -0.388. The maximum Gasteiger partial charge on any atom is 0.423 e. The molecule has 0 bridgehead atoms. The molecule has 1 heterocycles. The zero-order valence-electron chi connectivity index (χ0n) is 12.4. The molecule has 1 aliphatic heterocycles. The molecule has 0 spiro atoms. The number of hydrogen-bond acceptors (Lipinski definition) is 4. The van der Waals surface area contributed by atoms with E-state index in [1.807, 2.05) is 18.9 Å². The first-order chi connectivity index (χ1) is 10.2. The fraction of sp³-hybridized carbons (Fsp3) is 0.571. The zero-order valence-corrected chi connectivity index (χ0v) is 12.4. The summed E-state index contributed by atoms with van der Waals surface area (Å²) >= 11 is 0. The van der Waals surface area contributed by atoms with Crippen molar-refractivity contribution in [1.29, 1.82) is 0 Å². The predicted molar refractivity (Wildman–Crippen MR) is 77.0 cm³/mol. The van der Waals surface area contributed by atoms with Crippen molar-refractivity contribution in [3.05, 3.63) is 33.9 Å². The lowest BCUT2D eigenvalue weighted by Crippen LogP contribution is -2.34.